The van der Waals surface area contributed by atoms with E-state index in [2.05, 4.69) is 24.9 Å². The highest BCUT2D eigenvalue weighted by atomic mass is 14.8. The van der Waals surface area contributed by atoms with Gasteiger partial charge in [-0.1, -0.05) is 19.9 Å². The molecular formula is C10H14N2. The van der Waals surface area contributed by atoms with Gasteiger partial charge in [0.15, 0.2) is 0 Å². The summed E-state index contributed by atoms with van der Waals surface area (Å²) < 4.78 is 0. The zero-order valence-electron chi connectivity index (χ0n) is 7.49. The third kappa shape index (κ3) is 0.950. The van der Waals surface area contributed by atoms with Gasteiger partial charge in [0.2, 0.25) is 0 Å². The predicted molar refractivity (Wildman–Crippen MR) is 48.7 cm³/mol. The van der Waals surface area contributed by atoms with Crippen molar-refractivity contribution in [1.82, 2.24) is 4.98 Å². The molecule has 0 spiro atoms. The number of aromatic nitrogens is 1. The predicted octanol–water partition coefficient (Wildman–Crippen LogP) is 1.53. The number of rotatable bonds is 1. The molecule has 0 unspecified atom stereocenters. The zero-order chi connectivity index (χ0) is 8.77. The van der Waals surface area contributed by atoms with Crippen LogP contribution in [-0.4, -0.2) is 11.0 Å². The van der Waals surface area contributed by atoms with Crippen molar-refractivity contribution >= 4 is 0 Å². The van der Waals surface area contributed by atoms with Crippen molar-refractivity contribution in [1.29, 1.82) is 0 Å². The molecule has 2 rings (SSSR count). The molecule has 0 aromatic carbocycles. The summed E-state index contributed by atoms with van der Waals surface area (Å²) in [6.07, 6.45) is 3.71. The summed E-state index contributed by atoms with van der Waals surface area (Å²) in [5.74, 6) is 0.506. The molecule has 0 aliphatic heterocycles. The fourth-order valence-electron chi connectivity index (χ4n) is 1.87. The third-order valence-electron chi connectivity index (χ3n) is 2.95. The van der Waals surface area contributed by atoms with Crippen LogP contribution in [0.4, 0.5) is 0 Å². The summed E-state index contributed by atoms with van der Waals surface area (Å²) in [6, 6.07) is 4.38. The highest BCUT2D eigenvalue weighted by molar-refractivity contribution is 5.31. The van der Waals surface area contributed by atoms with Gasteiger partial charge in [-0.3, -0.25) is 4.98 Å². The summed E-state index contributed by atoms with van der Waals surface area (Å²) >= 11 is 0. The van der Waals surface area contributed by atoms with E-state index in [0.717, 1.165) is 0 Å². The first-order valence-electron chi connectivity index (χ1n) is 4.29. The molecule has 12 heavy (non-hydrogen) atoms. The van der Waals surface area contributed by atoms with Crippen LogP contribution in [0.5, 0.6) is 0 Å². The van der Waals surface area contributed by atoms with Gasteiger partial charge in [-0.25, -0.2) is 0 Å². The Morgan fingerprint density at radius 2 is 2.17 bits per heavy atom. The topological polar surface area (TPSA) is 38.9 Å². The Hall–Kier alpha value is -0.890. The van der Waals surface area contributed by atoms with Crippen LogP contribution in [0, 0.1) is 5.41 Å². The SMILES string of the molecule is CC1(C)[C@@H](N)[C@@H]1c1cccnc1. The molecule has 0 bridgehead atoms. The second-order valence-corrected chi connectivity index (χ2v) is 4.11. The number of hydrogen-bond acceptors (Lipinski definition) is 2. The highest BCUT2D eigenvalue weighted by Crippen LogP contribution is 2.56. The maximum atomic E-state index is 5.95. The highest BCUT2D eigenvalue weighted by Gasteiger charge is 2.56. The van der Waals surface area contributed by atoms with Gasteiger partial charge >= 0.3 is 0 Å². The minimum Gasteiger partial charge on any atom is -0.327 e. The van der Waals surface area contributed by atoms with Gasteiger partial charge in [-0.15, -0.1) is 0 Å². The van der Waals surface area contributed by atoms with Crippen molar-refractivity contribution in [3.05, 3.63) is 30.1 Å². The van der Waals surface area contributed by atoms with Gasteiger partial charge in [-0.05, 0) is 17.0 Å². The Kier molecular flexibility index (Phi) is 1.48. The van der Waals surface area contributed by atoms with Gasteiger partial charge in [0.05, 0.1) is 0 Å². The lowest BCUT2D eigenvalue weighted by molar-refractivity contribution is 0.598. The maximum Gasteiger partial charge on any atom is 0.0303 e. The van der Waals surface area contributed by atoms with E-state index in [9.17, 15) is 0 Å². The lowest BCUT2D eigenvalue weighted by Gasteiger charge is -2.00. The molecule has 1 fully saturated rings. The van der Waals surface area contributed by atoms with Gasteiger partial charge in [0.1, 0.15) is 0 Å². The number of hydrogen-bond donors (Lipinski definition) is 1. The average molecular weight is 162 g/mol. The number of pyridine rings is 1. The molecule has 0 saturated heterocycles. The van der Waals surface area contributed by atoms with Crippen LogP contribution < -0.4 is 5.73 Å². The van der Waals surface area contributed by atoms with Crippen molar-refractivity contribution in [3.8, 4) is 0 Å². The Morgan fingerprint density at radius 3 is 2.58 bits per heavy atom. The third-order valence-corrected chi connectivity index (χ3v) is 2.95. The molecule has 64 valence electrons. The van der Waals surface area contributed by atoms with Crippen LogP contribution in [0.15, 0.2) is 24.5 Å². The largest absolute Gasteiger partial charge is 0.327 e. The van der Waals surface area contributed by atoms with Crippen LogP contribution in [-0.2, 0) is 0 Å². The molecule has 0 radical (unpaired) electrons. The van der Waals surface area contributed by atoms with Crippen molar-refractivity contribution in [2.24, 2.45) is 11.1 Å². The van der Waals surface area contributed by atoms with E-state index in [1.807, 2.05) is 12.3 Å². The van der Waals surface area contributed by atoms with E-state index in [-0.39, 0.29) is 5.41 Å². The maximum absolute atomic E-state index is 5.95. The summed E-state index contributed by atoms with van der Waals surface area (Å²) in [6.45, 7) is 4.41. The van der Waals surface area contributed by atoms with E-state index in [1.54, 1.807) is 6.20 Å². The fraction of sp³-hybridized carbons (Fsp3) is 0.500. The Labute approximate surface area is 72.8 Å². The standard InChI is InChI=1S/C10H14N2/c1-10(2)8(9(10)11)7-4-3-5-12-6-7/h3-6,8-9H,11H2,1-2H3/t8-,9-/m0/s1. The molecule has 1 heterocycles. The molecule has 2 nitrogen and oxygen atoms in total. The molecule has 2 N–H and O–H groups in total. The molecule has 2 heteroatoms. The van der Waals surface area contributed by atoms with Gasteiger partial charge in [-0.2, -0.15) is 0 Å². The molecule has 2 atom stereocenters. The fourth-order valence-corrected chi connectivity index (χ4v) is 1.87. The van der Waals surface area contributed by atoms with Gasteiger partial charge in [0.25, 0.3) is 0 Å². The lowest BCUT2D eigenvalue weighted by Crippen LogP contribution is -2.06. The first kappa shape index (κ1) is 7.74. The van der Waals surface area contributed by atoms with Crippen LogP contribution in [0.3, 0.4) is 0 Å². The van der Waals surface area contributed by atoms with Crippen LogP contribution >= 0.6 is 0 Å². The second-order valence-electron chi connectivity index (χ2n) is 4.11. The lowest BCUT2D eigenvalue weighted by atomic mass is 10.1. The van der Waals surface area contributed by atoms with Crippen LogP contribution in [0.1, 0.15) is 25.3 Å². The Balaban J connectivity index is 2.25. The van der Waals surface area contributed by atoms with Gasteiger partial charge in [0, 0.05) is 24.4 Å². The van der Waals surface area contributed by atoms with E-state index < -0.39 is 0 Å². The van der Waals surface area contributed by atoms with E-state index in [4.69, 9.17) is 5.73 Å². The summed E-state index contributed by atoms with van der Waals surface area (Å²) in [5.41, 5.74) is 7.49. The number of nitrogens with zero attached hydrogens (tertiary/aromatic N) is 1. The Bertz CT molecular complexity index is 279. The zero-order valence-corrected chi connectivity index (χ0v) is 7.49. The van der Waals surface area contributed by atoms with Crippen LogP contribution in [0.25, 0.3) is 0 Å². The summed E-state index contributed by atoms with van der Waals surface area (Å²) in [4.78, 5) is 4.09. The summed E-state index contributed by atoms with van der Waals surface area (Å²) in [5, 5.41) is 0. The van der Waals surface area contributed by atoms with Crippen molar-refractivity contribution in [3.63, 3.8) is 0 Å². The molecule has 0 amide bonds. The van der Waals surface area contributed by atoms with Crippen molar-refractivity contribution in [2.75, 3.05) is 0 Å². The first-order valence-corrected chi connectivity index (χ1v) is 4.29. The van der Waals surface area contributed by atoms with E-state index in [1.165, 1.54) is 5.56 Å². The Morgan fingerprint density at radius 1 is 1.50 bits per heavy atom. The van der Waals surface area contributed by atoms with Crippen molar-refractivity contribution < 1.29 is 0 Å². The monoisotopic (exact) mass is 162 g/mol. The first-order chi connectivity index (χ1) is 5.64. The minimum atomic E-state index is 0.267. The van der Waals surface area contributed by atoms with E-state index in [0.29, 0.717) is 12.0 Å². The molecule has 1 aliphatic rings. The van der Waals surface area contributed by atoms with Crippen LogP contribution in [0.2, 0.25) is 0 Å². The number of nitrogens with two attached hydrogens (primary N) is 1. The van der Waals surface area contributed by atoms with Crippen molar-refractivity contribution in [2.45, 2.75) is 25.8 Å². The van der Waals surface area contributed by atoms with Gasteiger partial charge < -0.3 is 5.73 Å². The smallest absolute Gasteiger partial charge is 0.0303 e. The van der Waals surface area contributed by atoms with E-state index >= 15 is 0 Å². The molecule has 1 aliphatic carbocycles. The quantitative estimate of drug-likeness (QED) is 0.680. The summed E-state index contributed by atoms with van der Waals surface area (Å²) in [7, 11) is 0. The normalized spacial score (nSPS) is 31.6. The molecule has 1 aromatic rings. The second kappa shape index (κ2) is 2.30. The molecular weight excluding hydrogens is 148 g/mol. The molecule has 1 saturated carbocycles. The minimum absolute atomic E-state index is 0.267. The molecule has 1 aromatic heterocycles. The average Bonchev–Trinajstić information content (AvgIpc) is 2.53.